The van der Waals surface area contributed by atoms with E-state index in [0.717, 1.165) is 25.3 Å². The number of primary amides is 1. The van der Waals surface area contributed by atoms with Crippen molar-refractivity contribution in [3.8, 4) is 5.75 Å². The lowest BCUT2D eigenvalue weighted by atomic mass is 9.87. The molecule has 4 rings (SSSR count). The SMILES string of the molecule is NC(=O)OCCOc1cccc(C2CCNCC2OCc2ccc3ccccc3c2)c1.O=C(O)O. The van der Waals surface area contributed by atoms with Crippen LogP contribution < -0.4 is 15.8 Å². The molecule has 35 heavy (non-hydrogen) atoms. The number of hydrogen-bond acceptors (Lipinski definition) is 6. The van der Waals surface area contributed by atoms with E-state index in [1.54, 1.807) is 0 Å². The summed E-state index contributed by atoms with van der Waals surface area (Å²) in [7, 11) is 0. The molecule has 1 amide bonds. The lowest BCUT2D eigenvalue weighted by Gasteiger charge is -2.32. The maximum absolute atomic E-state index is 10.7. The third-order valence-electron chi connectivity index (χ3n) is 5.59. The van der Waals surface area contributed by atoms with Crippen molar-refractivity contribution < 1.29 is 34.0 Å². The number of nitrogens with two attached hydrogens (primary N) is 1. The summed E-state index contributed by atoms with van der Waals surface area (Å²) >= 11 is 0. The number of fused-ring (bicyclic) bond motifs is 1. The van der Waals surface area contributed by atoms with Crippen molar-refractivity contribution >= 4 is 23.0 Å². The predicted molar refractivity (Wildman–Crippen MR) is 131 cm³/mol. The van der Waals surface area contributed by atoms with Crippen LogP contribution in [0.5, 0.6) is 5.75 Å². The second-order valence-corrected chi connectivity index (χ2v) is 8.00. The lowest BCUT2D eigenvalue weighted by molar-refractivity contribution is 0.0106. The van der Waals surface area contributed by atoms with E-state index in [4.69, 9.17) is 35.0 Å². The maximum atomic E-state index is 10.7. The van der Waals surface area contributed by atoms with E-state index < -0.39 is 12.2 Å². The molecule has 1 heterocycles. The van der Waals surface area contributed by atoms with Crippen LogP contribution in [-0.2, 0) is 16.1 Å². The molecular weight excluding hydrogens is 452 g/mol. The molecule has 0 aliphatic carbocycles. The van der Waals surface area contributed by atoms with Crippen LogP contribution in [0.2, 0.25) is 0 Å². The zero-order chi connectivity index (χ0) is 25.0. The first kappa shape index (κ1) is 25.8. The van der Waals surface area contributed by atoms with Gasteiger partial charge in [0.15, 0.2) is 0 Å². The van der Waals surface area contributed by atoms with Gasteiger partial charge in [-0.1, -0.05) is 48.5 Å². The van der Waals surface area contributed by atoms with Gasteiger partial charge in [0.2, 0.25) is 0 Å². The quantitative estimate of drug-likeness (QED) is 0.350. The monoisotopic (exact) mass is 482 g/mol. The fourth-order valence-electron chi connectivity index (χ4n) is 4.06. The van der Waals surface area contributed by atoms with Crippen molar-refractivity contribution in [2.75, 3.05) is 26.3 Å². The van der Waals surface area contributed by atoms with E-state index in [-0.39, 0.29) is 25.2 Å². The Morgan fingerprint density at radius 3 is 2.51 bits per heavy atom. The Balaban J connectivity index is 0.000000795. The number of amides is 1. The number of carbonyl (C=O) groups is 2. The normalized spacial score (nSPS) is 17.1. The van der Waals surface area contributed by atoms with E-state index in [2.05, 4.69) is 53.8 Å². The smallest absolute Gasteiger partial charge is 0.490 e. The molecule has 186 valence electrons. The molecule has 9 heteroatoms. The number of nitrogens with one attached hydrogen (secondary N) is 1. The number of carboxylic acid groups (broad SMARTS) is 2. The molecule has 3 aromatic carbocycles. The van der Waals surface area contributed by atoms with Crippen LogP contribution in [0.15, 0.2) is 66.7 Å². The zero-order valence-corrected chi connectivity index (χ0v) is 19.3. The fourth-order valence-corrected chi connectivity index (χ4v) is 4.06. The van der Waals surface area contributed by atoms with E-state index >= 15 is 0 Å². The molecule has 1 fully saturated rings. The molecule has 0 aromatic heterocycles. The summed E-state index contributed by atoms with van der Waals surface area (Å²) in [5, 5.41) is 19.9. The Bertz CT molecular complexity index is 1120. The minimum absolute atomic E-state index is 0.0775. The average molecular weight is 483 g/mol. The predicted octanol–water partition coefficient (Wildman–Crippen LogP) is 4.20. The second kappa shape index (κ2) is 13.2. The highest BCUT2D eigenvalue weighted by molar-refractivity contribution is 5.82. The third kappa shape index (κ3) is 8.47. The summed E-state index contributed by atoms with van der Waals surface area (Å²) in [6, 6.07) is 22.9. The van der Waals surface area contributed by atoms with Gasteiger partial charge in [-0.05, 0) is 53.1 Å². The number of hydrogen-bond donors (Lipinski definition) is 4. The second-order valence-electron chi connectivity index (χ2n) is 8.00. The lowest BCUT2D eigenvalue weighted by Crippen LogP contribution is -2.41. The standard InChI is InChI=1S/C25H28N2O4.CH2O3/c26-25(28)30-13-12-29-22-7-3-6-21(15-22)23-10-11-27-16-24(23)31-17-18-8-9-19-4-1-2-5-20(19)14-18;2-1(3)4/h1-9,14-15,23-24,27H,10-13,16-17H2,(H2,26,28);(H2,2,3,4). The Labute approximate surface area is 203 Å². The summed E-state index contributed by atoms with van der Waals surface area (Å²) in [5.41, 5.74) is 7.34. The van der Waals surface area contributed by atoms with Crippen molar-refractivity contribution in [1.82, 2.24) is 5.32 Å². The topological polar surface area (TPSA) is 140 Å². The molecule has 9 nitrogen and oxygen atoms in total. The first-order chi connectivity index (χ1) is 16.9. The molecule has 0 spiro atoms. The number of benzene rings is 3. The largest absolute Gasteiger partial charge is 0.503 e. The van der Waals surface area contributed by atoms with Crippen molar-refractivity contribution in [2.45, 2.75) is 25.0 Å². The molecule has 1 aliphatic rings. The minimum Gasteiger partial charge on any atom is -0.490 e. The van der Waals surface area contributed by atoms with E-state index in [0.29, 0.717) is 6.61 Å². The van der Waals surface area contributed by atoms with Crippen molar-refractivity contribution in [3.05, 3.63) is 77.9 Å². The Morgan fingerprint density at radius 2 is 1.74 bits per heavy atom. The van der Waals surface area contributed by atoms with E-state index in [9.17, 15) is 4.79 Å². The van der Waals surface area contributed by atoms with Crippen molar-refractivity contribution in [2.24, 2.45) is 5.73 Å². The highest BCUT2D eigenvalue weighted by atomic mass is 16.6. The summed E-state index contributed by atoms with van der Waals surface area (Å²) in [5.74, 6) is 1.03. The van der Waals surface area contributed by atoms with Crippen LogP contribution in [0, 0.1) is 0 Å². The van der Waals surface area contributed by atoms with Crippen LogP contribution in [0.4, 0.5) is 9.59 Å². The number of rotatable bonds is 8. The first-order valence-corrected chi connectivity index (χ1v) is 11.3. The van der Waals surface area contributed by atoms with Crippen molar-refractivity contribution in [3.63, 3.8) is 0 Å². The van der Waals surface area contributed by atoms with Gasteiger partial charge in [0.1, 0.15) is 19.0 Å². The van der Waals surface area contributed by atoms with Gasteiger partial charge in [-0.25, -0.2) is 9.59 Å². The number of carbonyl (C=O) groups excluding carboxylic acids is 1. The van der Waals surface area contributed by atoms with Crippen LogP contribution in [0.3, 0.4) is 0 Å². The molecule has 1 saturated heterocycles. The molecule has 1 aliphatic heterocycles. The zero-order valence-electron chi connectivity index (χ0n) is 19.3. The van der Waals surface area contributed by atoms with Gasteiger partial charge in [-0.2, -0.15) is 0 Å². The Morgan fingerprint density at radius 1 is 0.971 bits per heavy atom. The fraction of sp³-hybridized carbons (Fsp3) is 0.308. The van der Waals surface area contributed by atoms with Crippen LogP contribution in [0.1, 0.15) is 23.5 Å². The van der Waals surface area contributed by atoms with Crippen LogP contribution >= 0.6 is 0 Å². The maximum Gasteiger partial charge on any atom is 0.503 e. The van der Waals surface area contributed by atoms with Gasteiger partial charge < -0.3 is 35.5 Å². The molecule has 2 atom stereocenters. The average Bonchev–Trinajstić information content (AvgIpc) is 2.85. The summed E-state index contributed by atoms with van der Waals surface area (Å²) in [6.45, 7) is 2.74. The Kier molecular flexibility index (Phi) is 9.70. The summed E-state index contributed by atoms with van der Waals surface area (Å²) < 4.78 is 16.8. The highest BCUT2D eigenvalue weighted by Gasteiger charge is 2.27. The highest BCUT2D eigenvalue weighted by Crippen LogP contribution is 2.30. The van der Waals surface area contributed by atoms with E-state index in [1.807, 2.05) is 18.2 Å². The van der Waals surface area contributed by atoms with Gasteiger partial charge in [0, 0.05) is 12.5 Å². The number of ether oxygens (including phenoxy) is 3. The molecular formula is C26H30N2O7. The Hall–Kier alpha value is -3.82. The molecule has 0 radical (unpaired) electrons. The molecule has 3 aromatic rings. The van der Waals surface area contributed by atoms with Gasteiger partial charge in [0.25, 0.3) is 0 Å². The third-order valence-corrected chi connectivity index (χ3v) is 5.59. The molecule has 2 unspecified atom stereocenters. The molecule has 0 saturated carbocycles. The van der Waals surface area contributed by atoms with Crippen LogP contribution in [0.25, 0.3) is 10.8 Å². The number of piperidine rings is 1. The van der Waals surface area contributed by atoms with Gasteiger partial charge in [-0.15, -0.1) is 0 Å². The van der Waals surface area contributed by atoms with Crippen LogP contribution in [-0.4, -0.2) is 54.9 Å². The van der Waals surface area contributed by atoms with Gasteiger partial charge in [0.05, 0.1) is 12.7 Å². The molecule has 5 N–H and O–H groups in total. The molecule has 0 bridgehead atoms. The van der Waals surface area contributed by atoms with Gasteiger partial charge >= 0.3 is 12.2 Å². The summed E-state index contributed by atoms with van der Waals surface area (Å²) in [4.78, 5) is 19.2. The first-order valence-electron chi connectivity index (χ1n) is 11.3. The van der Waals surface area contributed by atoms with E-state index in [1.165, 1.54) is 21.9 Å². The van der Waals surface area contributed by atoms with Crippen molar-refractivity contribution in [1.29, 1.82) is 0 Å². The van der Waals surface area contributed by atoms with Gasteiger partial charge in [-0.3, -0.25) is 0 Å². The minimum atomic E-state index is -1.83. The summed E-state index contributed by atoms with van der Waals surface area (Å²) in [6.07, 6.45) is -1.55.